The van der Waals surface area contributed by atoms with Crippen molar-refractivity contribution in [2.75, 3.05) is 6.61 Å². The Morgan fingerprint density at radius 3 is 2.35 bits per heavy atom. The number of esters is 1. The molecule has 0 N–H and O–H groups in total. The fourth-order valence-electron chi connectivity index (χ4n) is 1.24. The molecule has 0 heterocycles. The lowest BCUT2D eigenvalue weighted by Gasteiger charge is -2.03. The van der Waals surface area contributed by atoms with Gasteiger partial charge in [-0.2, -0.15) is 0 Å². The second kappa shape index (κ2) is 6.21. The lowest BCUT2D eigenvalue weighted by atomic mass is 10.1. The molecule has 0 amide bonds. The van der Waals surface area contributed by atoms with Crippen molar-refractivity contribution < 1.29 is 14.3 Å². The van der Waals surface area contributed by atoms with E-state index in [2.05, 4.69) is 0 Å². The third-order valence-corrected chi connectivity index (χ3v) is 2.31. The van der Waals surface area contributed by atoms with Gasteiger partial charge in [0.1, 0.15) is 5.57 Å². The molecule has 0 aliphatic heterocycles. The summed E-state index contributed by atoms with van der Waals surface area (Å²) in [4.78, 5) is 22.9. The molecule has 0 aliphatic carbocycles. The Labute approximate surface area is 105 Å². The number of carbonyl (C=O) groups excluding carboxylic acids is 2. The van der Waals surface area contributed by atoms with Crippen LogP contribution < -0.4 is 0 Å². The summed E-state index contributed by atoms with van der Waals surface area (Å²) in [5, 5.41) is 0.600. The third-order valence-electron chi connectivity index (χ3n) is 2.06. The van der Waals surface area contributed by atoms with Crippen molar-refractivity contribution in [2.24, 2.45) is 0 Å². The van der Waals surface area contributed by atoms with E-state index in [9.17, 15) is 9.59 Å². The van der Waals surface area contributed by atoms with Crippen LogP contribution in [0, 0.1) is 0 Å². The van der Waals surface area contributed by atoms with Crippen molar-refractivity contribution in [3.05, 3.63) is 40.4 Å². The SMILES string of the molecule is CCOC(=O)/C(=C/c1ccc(Cl)cc1)C(C)=O. The van der Waals surface area contributed by atoms with E-state index >= 15 is 0 Å². The number of halogens is 1. The minimum atomic E-state index is -0.602. The minimum Gasteiger partial charge on any atom is -0.462 e. The first-order chi connectivity index (χ1) is 8.04. The molecule has 0 aromatic heterocycles. The number of carbonyl (C=O) groups is 2. The minimum absolute atomic E-state index is 0.0363. The molecule has 0 unspecified atom stereocenters. The number of hydrogen-bond acceptors (Lipinski definition) is 3. The molecule has 0 saturated carbocycles. The van der Waals surface area contributed by atoms with Gasteiger partial charge in [0.2, 0.25) is 0 Å². The molecule has 90 valence electrons. The molecule has 17 heavy (non-hydrogen) atoms. The summed E-state index contributed by atoms with van der Waals surface area (Å²) in [5.74, 6) is -0.923. The number of rotatable bonds is 4. The molecule has 1 aromatic carbocycles. The summed E-state index contributed by atoms with van der Waals surface area (Å²) >= 11 is 5.74. The van der Waals surface area contributed by atoms with Gasteiger partial charge in [-0.3, -0.25) is 4.79 Å². The van der Waals surface area contributed by atoms with Gasteiger partial charge < -0.3 is 4.74 Å². The van der Waals surface area contributed by atoms with Gasteiger partial charge in [-0.25, -0.2) is 4.79 Å². The second-order valence-corrected chi connectivity index (χ2v) is 3.82. The molecule has 1 rings (SSSR count). The van der Waals surface area contributed by atoms with E-state index in [4.69, 9.17) is 16.3 Å². The maximum Gasteiger partial charge on any atom is 0.341 e. The Morgan fingerprint density at radius 1 is 1.29 bits per heavy atom. The number of hydrogen-bond donors (Lipinski definition) is 0. The summed E-state index contributed by atoms with van der Waals surface area (Å²) in [6, 6.07) is 6.83. The Balaban J connectivity index is 3.02. The number of Topliss-reactive ketones (excluding diaryl/α,β-unsaturated/α-hetero) is 1. The molecule has 0 bridgehead atoms. The Hall–Kier alpha value is -1.61. The highest BCUT2D eigenvalue weighted by atomic mass is 35.5. The van der Waals surface area contributed by atoms with Crippen LogP contribution in [0.25, 0.3) is 6.08 Å². The van der Waals surface area contributed by atoms with Crippen molar-refractivity contribution >= 4 is 29.4 Å². The van der Waals surface area contributed by atoms with Crippen molar-refractivity contribution in [3.63, 3.8) is 0 Å². The highest BCUT2D eigenvalue weighted by Crippen LogP contribution is 2.13. The highest BCUT2D eigenvalue weighted by Gasteiger charge is 2.15. The van der Waals surface area contributed by atoms with Gasteiger partial charge >= 0.3 is 5.97 Å². The first-order valence-electron chi connectivity index (χ1n) is 5.20. The highest BCUT2D eigenvalue weighted by molar-refractivity contribution is 6.30. The molecule has 0 atom stereocenters. The summed E-state index contributed by atoms with van der Waals surface area (Å²) in [5.41, 5.74) is 0.766. The maximum absolute atomic E-state index is 11.5. The number of benzene rings is 1. The van der Waals surface area contributed by atoms with Crippen molar-refractivity contribution in [1.29, 1.82) is 0 Å². The topological polar surface area (TPSA) is 43.4 Å². The Bertz CT molecular complexity index is 446. The second-order valence-electron chi connectivity index (χ2n) is 3.39. The monoisotopic (exact) mass is 252 g/mol. The van der Waals surface area contributed by atoms with E-state index in [0.29, 0.717) is 5.02 Å². The Kier molecular flexibility index (Phi) is 4.91. The molecule has 0 saturated heterocycles. The molecule has 0 fully saturated rings. The van der Waals surface area contributed by atoms with Crippen LogP contribution in [-0.2, 0) is 14.3 Å². The molecule has 1 aromatic rings. The van der Waals surface area contributed by atoms with Crippen molar-refractivity contribution in [1.82, 2.24) is 0 Å². The summed E-state index contributed by atoms with van der Waals surface area (Å²) in [6.07, 6.45) is 1.50. The molecule has 0 aliphatic rings. The zero-order valence-corrected chi connectivity index (χ0v) is 10.5. The van der Waals surface area contributed by atoms with Crippen molar-refractivity contribution in [2.45, 2.75) is 13.8 Å². The van der Waals surface area contributed by atoms with Gasteiger partial charge in [0.15, 0.2) is 5.78 Å². The number of ketones is 1. The zero-order chi connectivity index (χ0) is 12.8. The fourth-order valence-corrected chi connectivity index (χ4v) is 1.36. The van der Waals surface area contributed by atoms with Gasteiger partial charge in [0.25, 0.3) is 0 Å². The summed E-state index contributed by atoms with van der Waals surface area (Å²) in [7, 11) is 0. The largest absolute Gasteiger partial charge is 0.462 e. The number of ether oxygens (including phenoxy) is 1. The molecule has 0 radical (unpaired) electrons. The quantitative estimate of drug-likeness (QED) is 0.358. The van der Waals surface area contributed by atoms with Crippen LogP contribution in [0.15, 0.2) is 29.8 Å². The van der Waals surface area contributed by atoms with Gasteiger partial charge in [0.05, 0.1) is 6.61 Å². The van der Waals surface area contributed by atoms with Crippen LogP contribution in [0.1, 0.15) is 19.4 Å². The van der Waals surface area contributed by atoms with Crippen LogP contribution >= 0.6 is 11.6 Å². The lowest BCUT2D eigenvalue weighted by Crippen LogP contribution is -2.13. The van der Waals surface area contributed by atoms with E-state index in [1.165, 1.54) is 13.0 Å². The zero-order valence-electron chi connectivity index (χ0n) is 9.70. The van der Waals surface area contributed by atoms with E-state index in [0.717, 1.165) is 5.56 Å². The first-order valence-corrected chi connectivity index (χ1v) is 5.57. The molecule has 3 nitrogen and oxygen atoms in total. The van der Waals surface area contributed by atoms with Crippen LogP contribution in [0.4, 0.5) is 0 Å². The van der Waals surface area contributed by atoms with E-state index in [1.54, 1.807) is 31.2 Å². The lowest BCUT2D eigenvalue weighted by molar-refractivity contribution is -0.139. The van der Waals surface area contributed by atoms with Gasteiger partial charge in [0, 0.05) is 5.02 Å². The van der Waals surface area contributed by atoms with E-state index in [1.807, 2.05) is 0 Å². The fraction of sp³-hybridized carbons (Fsp3) is 0.231. The van der Waals surface area contributed by atoms with Crippen LogP contribution in [-0.4, -0.2) is 18.4 Å². The standard InChI is InChI=1S/C13H13ClO3/c1-3-17-13(16)12(9(2)15)8-10-4-6-11(14)7-5-10/h4-8H,3H2,1-2H3/b12-8+. The van der Waals surface area contributed by atoms with Gasteiger partial charge in [-0.05, 0) is 37.6 Å². The predicted octanol–water partition coefficient (Wildman–Crippen LogP) is 2.88. The first kappa shape index (κ1) is 13.5. The normalized spacial score (nSPS) is 11.1. The summed E-state index contributed by atoms with van der Waals surface area (Å²) < 4.78 is 4.81. The van der Waals surface area contributed by atoms with Crippen LogP contribution in [0.3, 0.4) is 0 Å². The van der Waals surface area contributed by atoms with Crippen LogP contribution in [0.2, 0.25) is 5.02 Å². The van der Waals surface area contributed by atoms with Gasteiger partial charge in [-0.15, -0.1) is 0 Å². The van der Waals surface area contributed by atoms with Crippen molar-refractivity contribution in [3.8, 4) is 0 Å². The van der Waals surface area contributed by atoms with Crippen LogP contribution in [0.5, 0.6) is 0 Å². The predicted molar refractivity (Wildman–Crippen MR) is 66.7 cm³/mol. The summed E-state index contributed by atoms with van der Waals surface area (Å²) in [6.45, 7) is 3.26. The molecule has 0 spiro atoms. The Morgan fingerprint density at radius 2 is 1.88 bits per heavy atom. The third kappa shape index (κ3) is 4.04. The molecule has 4 heteroatoms. The van der Waals surface area contributed by atoms with E-state index in [-0.39, 0.29) is 18.0 Å². The maximum atomic E-state index is 11.5. The molecular formula is C13H13ClO3. The average molecular weight is 253 g/mol. The molecular weight excluding hydrogens is 240 g/mol. The van der Waals surface area contributed by atoms with E-state index < -0.39 is 5.97 Å². The average Bonchev–Trinajstić information content (AvgIpc) is 2.28. The van der Waals surface area contributed by atoms with Gasteiger partial charge in [-0.1, -0.05) is 23.7 Å². The smallest absolute Gasteiger partial charge is 0.341 e.